The zero-order valence-corrected chi connectivity index (χ0v) is 17.5. The number of hydrogen-bond donors (Lipinski definition) is 0. The Hall–Kier alpha value is -2.37. The Labute approximate surface area is 172 Å². The number of benzene rings is 1. The molecule has 3 heterocycles. The molecule has 0 aliphatic carbocycles. The number of piperidine rings is 2. The van der Waals surface area contributed by atoms with Crippen LogP contribution < -0.4 is 0 Å². The molecule has 1 spiro atoms. The first-order chi connectivity index (χ1) is 13.9. The molecular weight excluding hydrogens is 366 g/mol. The minimum Gasteiger partial charge on any atom is -0.379 e. The largest absolute Gasteiger partial charge is 0.379 e. The van der Waals surface area contributed by atoms with Crippen molar-refractivity contribution in [3.8, 4) is 0 Å². The number of likely N-dealkylation sites (tertiary alicyclic amines) is 2. The van der Waals surface area contributed by atoms with Gasteiger partial charge in [0.1, 0.15) is 0 Å². The molecule has 2 saturated heterocycles. The van der Waals surface area contributed by atoms with Crippen molar-refractivity contribution < 1.29 is 14.4 Å². The molecule has 0 bridgehead atoms. The normalized spacial score (nSPS) is 26.4. The Balaban J connectivity index is 1.34. The summed E-state index contributed by atoms with van der Waals surface area (Å²) in [7, 11) is 0. The van der Waals surface area contributed by atoms with Gasteiger partial charge in [0.05, 0.1) is 5.71 Å². The van der Waals surface area contributed by atoms with Crippen LogP contribution in [0.3, 0.4) is 0 Å². The van der Waals surface area contributed by atoms with Crippen LogP contribution in [0.4, 0.5) is 0 Å². The average molecular weight is 398 g/mol. The van der Waals surface area contributed by atoms with Crippen molar-refractivity contribution in [3.63, 3.8) is 0 Å². The van der Waals surface area contributed by atoms with E-state index in [1.54, 1.807) is 0 Å². The molecule has 2 fully saturated rings. The molecule has 1 atom stereocenters. The number of amides is 2. The van der Waals surface area contributed by atoms with Crippen LogP contribution in [-0.4, -0.2) is 59.1 Å². The summed E-state index contributed by atoms with van der Waals surface area (Å²) in [4.78, 5) is 34.9. The van der Waals surface area contributed by atoms with Gasteiger partial charge in [0, 0.05) is 39.0 Å². The Kier molecular flexibility index (Phi) is 5.36. The monoisotopic (exact) mass is 397 g/mol. The van der Waals surface area contributed by atoms with E-state index >= 15 is 0 Å². The third-order valence-electron chi connectivity index (χ3n) is 6.82. The zero-order chi connectivity index (χ0) is 20.5. The fourth-order valence-electron chi connectivity index (χ4n) is 4.99. The fraction of sp³-hybridized carbons (Fsp3) is 0.609. The van der Waals surface area contributed by atoms with Crippen LogP contribution in [0.5, 0.6) is 0 Å². The molecule has 3 aliphatic heterocycles. The molecule has 1 aromatic carbocycles. The third-order valence-corrected chi connectivity index (χ3v) is 6.82. The van der Waals surface area contributed by atoms with E-state index in [0.29, 0.717) is 12.8 Å². The highest BCUT2D eigenvalue weighted by Crippen LogP contribution is 2.41. The number of hydrogen-bond acceptors (Lipinski definition) is 4. The molecule has 0 aromatic heterocycles. The summed E-state index contributed by atoms with van der Waals surface area (Å²) in [5.41, 5.74) is 1.43. The van der Waals surface area contributed by atoms with Gasteiger partial charge in [-0.1, -0.05) is 35.5 Å². The molecule has 0 unspecified atom stereocenters. The van der Waals surface area contributed by atoms with Gasteiger partial charge in [0.15, 0.2) is 0 Å². The second-order valence-corrected chi connectivity index (χ2v) is 9.17. The van der Waals surface area contributed by atoms with Gasteiger partial charge in [0.25, 0.3) is 5.91 Å². The van der Waals surface area contributed by atoms with Crippen LogP contribution in [0.25, 0.3) is 0 Å². The summed E-state index contributed by atoms with van der Waals surface area (Å²) < 4.78 is 0. The standard InChI is InChI=1S/C23H31N3O3/c1-18-16-22(2,29-24-18)21(28)25-14-11-23(12-15-25)10-8-20(27)26(17-23)13-9-19-6-4-3-5-7-19/h3-7H,8-17H2,1-2H3/t22-/m0/s1. The van der Waals surface area contributed by atoms with E-state index in [-0.39, 0.29) is 17.2 Å². The SMILES string of the molecule is CC1=NO[C@](C)(C(=O)N2CCC3(CCC(=O)N(CCc4ccccc4)C3)CC2)C1. The maximum Gasteiger partial charge on any atom is 0.269 e. The highest BCUT2D eigenvalue weighted by Gasteiger charge is 2.47. The lowest BCUT2D eigenvalue weighted by atomic mass is 9.72. The second kappa shape index (κ2) is 7.81. The molecule has 3 aliphatic rings. The smallest absolute Gasteiger partial charge is 0.269 e. The van der Waals surface area contributed by atoms with E-state index in [9.17, 15) is 9.59 Å². The van der Waals surface area contributed by atoms with Gasteiger partial charge in [0.2, 0.25) is 11.5 Å². The average Bonchev–Trinajstić information content (AvgIpc) is 3.09. The Morgan fingerprint density at radius 1 is 1.17 bits per heavy atom. The van der Waals surface area contributed by atoms with Crippen molar-refractivity contribution in [1.29, 1.82) is 0 Å². The van der Waals surface area contributed by atoms with Crippen molar-refractivity contribution in [2.75, 3.05) is 26.2 Å². The summed E-state index contributed by atoms with van der Waals surface area (Å²) in [6.45, 7) is 6.79. The van der Waals surface area contributed by atoms with Crippen LogP contribution >= 0.6 is 0 Å². The minimum atomic E-state index is -0.848. The Morgan fingerprint density at radius 2 is 1.90 bits per heavy atom. The first kappa shape index (κ1) is 19.9. The zero-order valence-electron chi connectivity index (χ0n) is 17.5. The summed E-state index contributed by atoms with van der Waals surface area (Å²) in [6.07, 6.45) is 4.91. The van der Waals surface area contributed by atoms with E-state index in [0.717, 1.165) is 57.6 Å². The predicted octanol–water partition coefficient (Wildman–Crippen LogP) is 3.02. The molecule has 0 radical (unpaired) electrons. The van der Waals surface area contributed by atoms with Gasteiger partial charge in [-0.25, -0.2) is 0 Å². The molecule has 156 valence electrons. The molecule has 6 heteroatoms. The van der Waals surface area contributed by atoms with Crippen LogP contribution in [0.15, 0.2) is 35.5 Å². The fourth-order valence-corrected chi connectivity index (χ4v) is 4.99. The summed E-state index contributed by atoms with van der Waals surface area (Å²) in [5, 5.41) is 3.98. The summed E-state index contributed by atoms with van der Waals surface area (Å²) in [6, 6.07) is 10.3. The molecule has 4 rings (SSSR count). The first-order valence-electron chi connectivity index (χ1n) is 10.7. The number of rotatable bonds is 4. The molecule has 2 amide bonds. The molecule has 1 aromatic rings. The van der Waals surface area contributed by atoms with Crippen LogP contribution in [0, 0.1) is 5.41 Å². The maximum atomic E-state index is 13.0. The lowest BCUT2D eigenvalue weighted by molar-refractivity contribution is -0.157. The molecular formula is C23H31N3O3. The summed E-state index contributed by atoms with van der Waals surface area (Å²) in [5.74, 6) is 0.310. The van der Waals surface area contributed by atoms with Crippen LogP contribution in [0.2, 0.25) is 0 Å². The van der Waals surface area contributed by atoms with Crippen molar-refractivity contribution >= 4 is 17.5 Å². The topological polar surface area (TPSA) is 62.2 Å². The second-order valence-electron chi connectivity index (χ2n) is 9.17. The molecule has 0 saturated carbocycles. The van der Waals surface area contributed by atoms with Crippen LogP contribution in [-0.2, 0) is 20.8 Å². The van der Waals surface area contributed by atoms with Crippen molar-refractivity contribution in [1.82, 2.24) is 9.80 Å². The molecule has 0 N–H and O–H groups in total. The van der Waals surface area contributed by atoms with E-state index in [1.165, 1.54) is 5.56 Å². The van der Waals surface area contributed by atoms with E-state index in [2.05, 4.69) is 17.3 Å². The lowest BCUT2D eigenvalue weighted by Crippen LogP contribution is -2.55. The van der Waals surface area contributed by atoms with Crippen molar-refractivity contribution in [2.24, 2.45) is 10.6 Å². The first-order valence-corrected chi connectivity index (χ1v) is 10.7. The number of nitrogens with zero attached hydrogens (tertiary/aromatic N) is 3. The van der Waals surface area contributed by atoms with E-state index in [1.807, 2.05) is 41.8 Å². The van der Waals surface area contributed by atoms with E-state index in [4.69, 9.17) is 4.84 Å². The predicted molar refractivity (Wildman–Crippen MR) is 111 cm³/mol. The maximum absolute atomic E-state index is 13.0. The van der Waals surface area contributed by atoms with Gasteiger partial charge in [-0.3, -0.25) is 9.59 Å². The van der Waals surface area contributed by atoms with Gasteiger partial charge >= 0.3 is 0 Å². The lowest BCUT2D eigenvalue weighted by Gasteiger charge is -2.48. The highest BCUT2D eigenvalue weighted by molar-refractivity contribution is 5.94. The van der Waals surface area contributed by atoms with Gasteiger partial charge in [-0.15, -0.1) is 0 Å². The van der Waals surface area contributed by atoms with Gasteiger partial charge in [-0.2, -0.15) is 0 Å². The summed E-state index contributed by atoms with van der Waals surface area (Å²) >= 11 is 0. The quantitative estimate of drug-likeness (QED) is 0.785. The Morgan fingerprint density at radius 3 is 2.55 bits per heavy atom. The number of carbonyl (C=O) groups excluding carboxylic acids is 2. The molecule has 29 heavy (non-hydrogen) atoms. The number of carbonyl (C=O) groups is 2. The molecule has 6 nitrogen and oxygen atoms in total. The van der Waals surface area contributed by atoms with Gasteiger partial charge < -0.3 is 14.6 Å². The third kappa shape index (κ3) is 4.16. The van der Waals surface area contributed by atoms with Crippen molar-refractivity contribution in [2.45, 2.75) is 58.0 Å². The van der Waals surface area contributed by atoms with Gasteiger partial charge in [-0.05, 0) is 50.5 Å². The number of oxime groups is 1. The van der Waals surface area contributed by atoms with Crippen molar-refractivity contribution in [3.05, 3.63) is 35.9 Å². The minimum absolute atomic E-state index is 0.0424. The van der Waals surface area contributed by atoms with E-state index < -0.39 is 5.60 Å². The highest BCUT2D eigenvalue weighted by atomic mass is 16.7. The van der Waals surface area contributed by atoms with Crippen LogP contribution in [0.1, 0.15) is 51.5 Å². The Bertz CT molecular complexity index is 799.